The van der Waals surface area contributed by atoms with Gasteiger partial charge in [-0.15, -0.1) is 0 Å². The zero-order valence-electron chi connectivity index (χ0n) is 6.92. The van der Waals surface area contributed by atoms with Crippen LogP contribution in [0.4, 0.5) is 0 Å². The minimum Gasteiger partial charge on any atom is -0.316 e. The third-order valence-corrected chi connectivity index (χ3v) is 2.31. The van der Waals surface area contributed by atoms with Gasteiger partial charge in [-0.2, -0.15) is 5.48 Å². The zero-order valence-corrected chi connectivity index (χ0v) is 8.51. The quantitative estimate of drug-likeness (QED) is 0.782. The van der Waals surface area contributed by atoms with Gasteiger partial charge in [0.25, 0.3) is 0 Å². The van der Waals surface area contributed by atoms with E-state index in [4.69, 9.17) is 5.21 Å². The average Bonchev–Trinajstić information content (AvgIpc) is 2.07. The van der Waals surface area contributed by atoms with Crippen molar-refractivity contribution in [2.24, 2.45) is 0 Å². The second-order valence-corrected chi connectivity index (χ2v) is 3.56. The smallest absolute Gasteiger partial charge is 0.0566 e. The fourth-order valence-corrected chi connectivity index (χ4v) is 1.54. The number of hydrogen-bond donors (Lipinski definition) is 2. The first-order valence-electron chi connectivity index (χ1n) is 3.93. The van der Waals surface area contributed by atoms with Crippen molar-refractivity contribution in [3.63, 3.8) is 0 Å². The average molecular weight is 230 g/mol. The molecule has 2 N–H and O–H groups in total. The van der Waals surface area contributed by atoms with Crippen molar-refractivity contribution in [3.05, 3.63) is 34.3 Å². The van der Waals surface area contributed by atoms with E-state index in [1.165, 1.54) is 0 Å². The molecule has 0 radical (unpaired) electrons. The van der Waals surface area contributed by atoms with Crippen LogP contribution in [-0.2, 0) is 0 Å². The molecule has 0 amide bonds. The number of nitrogens with one attached hydrogen (secondary N) is 1. The van der Waals surface area contributed by atoms with Gasteiger partial charge in [0.05, 0.1) is 6.04 Å². The van der Waals surface area contributed by atoms with E-state index in [2.05, 4.69) is 21.4 Å². The third-order valence-electron chi connectivity index (χ3n) is 1.82. The Morgan fingerprint density at radius 2 is 2.33 bits per heavy atom. The number of hydrogen-bond acceptors (Lipinski definition) is 2. The molecule has 0 fully saturated rings. The van der Waals surface area contributed by atoms with Crippen molar-refractivity contribution in [1.82, 2.24) is 5.48 Å². The van der Waals surface area contributed by atoms with Gasteiger partial charge >= 0.3 is 0 Å². The van der Waals surface area contributed by atoms with E-state index in [1.807, 2.05) is 31.2 Å². The standard InChI is InChI=1S/C9H12BrNO/c1-2-9(11-12)7-4-3-5-8(10)6-7/h3-6,9,11-12H,2H2,1H3. The molecular formula is C9H12BrNO. The maximum atomic E-state index is 8.81. The Balaban J connectivity index is 2.85. The number of halogens is 1. The summed E-state index contributed by atoms with van der Waals surface area (Å²) in [6.07, 6.45) is 0.868. The molecule has 12 heavy (non-hydrogen) atoms. The normalized spacial score (nSPS) is 12.9. The van der Waals surface area contributed by atoms with Crippen LogP contribution in [0.25, 0.3) is 0 Å². The second kappa shape index (κ2) is 4.60. The molecule has 2 nitrogen and oxygen atoms in total. The van der Waals surface area contributed by atoms with Gasteiger partial charge in [0, 0.05) is 4.47 Å². The number of benzene rings is 1. The Bertz CT molecular complexity index is 248. The van der Waals surface area contributed by atoms with E-state index in [9.17, 15) is 0 Å². The maximum Gasteiger partial charge on any atom is 0.0566 e. The second-order valence-electron chi connectivity index (χ2n) is 2.64. The molecule has 1 aromatic rings. The van der Waals surface area contributed by atoms with Crippen LogP contribution in [0.3, 0.4) is 0 Å². The first-order valence-corrected chi connectivity index (χ1v) is 4.72. The number of hydroxylamine groups is 1. The lowest BCUT2D eigenvalue weighted by Gasteiger charge is -2.12. The van der Waals surface area contributed by atoms with Gasteiger partial charge in [-0.25, -0.2) is 0 Å². The predicted molar refractivity (Wildman–Crippen MR) is 52.1 cm³/mol. The van der Waals surface area contributed by atoms with E-state index in [1.54, 1.807) is 0 Å². The highest BCUT2D eigenvalue weighted by atomic mass is 79.9. The van der Waals surface area contributed by atoms with E-state index in [0.29, 0.717) is 0 Å². The lowest BCUT2D eigenvalue weighted by atomic mass is 10.1. The molecular weight excluding hydrogens is 218 g/mol. The highest BCUT2D eigenvalue weighted by Crippen LogP contribution is 2.19. The highest BCUT2D eigenvalue weighted by Gasteiger charge is 2.06. The van der Waals surface area contributed by atoms with Gasteiger partial charge in [0.1, 0.15) is 0 Å². The lowest BCUT2D eigenvalue weighted by Crippen LogP contribution is -2.15. The van der Waals surface area contributed by atoms with Crippen LogP contribution >= 0.6 is 15.9 Å². The molecule has 1 unspecified atom stereocenters. The fourth-order valence-electron chi connectivity index (χ4n) is 1.12. The van der Waals surface area contributed by atoms with Crippen molar-refractivity contribution in [3.8, 4) is 0 Å². The Kier molecular flexibility index (Phi) is 3.72. The number of rotatable bonds is 3. The van der Waals surface area contributed by atoms with Gasteiger partial charge in [-0.1, -0.05) is 35.0 Å². The molecule has 0 aliphatic carbocycles. The molecule has 0 bridgehead atoms. The van der Waals surface area contributed by atoms with Crippen molar-refractivity contribution in [2.75, 3.05) is 0 Å². The van der Waals surface area contributed by atoms with Crippen LogP contribution in [0.1, 0.15) is 24.9 Å². The van der Waals surface area contributed by atoms with Crippen LogP contribution in [-0.4, -0.2) is 5.21 Å². The minimum absolute atomic E-state index is 0.0301. The summed E-state index contributed by atoms with van der Waals surface area (Å²) in [5.41, 5.74) is 3.37. The van der Waals surface area contributed by atoms with E-state index < -0.39 is 0 Å². The van der Waals surface area contributed by atoms with E-state index in [-0.39, 0.29) is 6.04 Å². The van der Waals surface area contributed by atoms with Crippen LogP contribution in [0.5, 0.6) is 0 Å². The summed E-state index contributed by atoms with van der Waals surface area (Å²) in [4.78, 5) is 0. The molecule has 66 valence electrons. The molecule has 1 rings (SSSR count). The van der Waals surface area contributed by atoms with Crippen LogP contribution in [0.15, 0.2) is 28.7 Å². The SMILES string of the molecule is CCC(NO)c1cccc(Br)c1. The summed E-state index contributed by atoms with van der Waals surface area (Å²) in [5, 5.41) is 8.81. The Morgan fingerprint density at radius 1 is 1.58 bits per heavy atom. The Morgan fingerprint density at radius 3 is 2.83 bits per heavy atom. The van der Waals surface area contributed by atoms with Crippen molar-refractivity contribution in [2.45, 2.75) is 19.4 Å². The lowest BCUT2D eigenvalue weighted by molar-refractivity contribution is 0.124. The van der Waals surface area contributed by atoms with Gasteiger partial charge in [-0.05, 0) is 24.1 Å². The summed E-state index contributed by atoms with van der Waals surface area (Å²) in [6.45, 7) is 2.02. The van der Waals surface area contributed by atoms with E-state index in [0.717, 1.165) is 16.5 Å². The van der Waals surface area contributed by atoms with Gasteiger partial charge in [-0.3, -0.25) is 0 Å². The third kappa shape index (κ3) is 2.30. The first kappa shape index (κ1) is 9.71. The van der Waals surface area contributed by atoms with Gasteiger partial charge in [0.2, 0.25) is 0 Å². The Labute approximate surface area is 80.7 Å². The summed E-state index contributed by atoms with van der Waals surface area (Å²) in [7, 11) is 0. The molecule has 0 aromatic heterocycles. The molecule has 0 spiro atoms. The Hall–Kier alpha value is -0.380. The van der Waals surface area contributed by atoms with Gasteiger partial charge < -0.3 is 5.21 Å². The van der Waals surface area contributed by atoms with Gasteiger partial charge in [0.15, 0.2) is 0 Å². The minimum atomic E-state index is 0.0301. The van der Waals surface area contributed by atoms with Crippen LogP contribution < -0.4 is 5.48 Å². The largest absolute Gasteiger partial charge is 0.316 e. The fraction of sp³-hybridized carbons (Fsp3) is 0.333. The molecule has 0 aliphatic heterocycles. The molecule has 0 saturated carbocycles. The molecule has 3 heteroatoms. The topological polar surface area (TPSA) is 32.3 Å². The molecule has 1 atom stereocenters. The van der Waals surface area contributed by atoms with Crippen molar-refractivity contribution >= 4 is 15.9 Å². The molecule has 0 saturated heterocycles. The highest BCUT2D eigenvalue weighted by molar-refractivity contribution is 9.10. The molecule has 1 aromatic carbocycles. The summed E-state index contributed by atoms with van der Waals surface area (Å²) in [5.74, 6) is 0. The van der Waals surface area contributed by atoms with Crippen LogP contribution in [0, 0.1) is 0 Å². The summed E-state index contributed by atoms with van der Waals surface area (Å²) < 4.78 is 1.04. The van der Waals surface area contributed by atoms with Crippen molar-refractivity contribution in [1.29, 1.82) is 0 Å². The first-order chi connectivity index (χ1) is 5.77. The zero-order chi connectivity index (χ0) is 8.97. The summed E-state index contributed by atoms with van der Waals surface area (Å²) >= 11 is 3.38. The predicted octanol–water partition coefficient (Wildman–Crippen LogP) is 2.88. The molecule has 0 heterocycles. The van der Waals surface area contributed by atoms with Crippen molar-refractivity contribution < 1.29 is 5.21 Å². The monoisotopic (exact) mass is 229 g/mol. The maximum absolute atomic E-state index is 8.81. The summed E-state index contributed by atoms with van der Waals surface area (Å²) in [6, 6.07) is 7.94. The molecule has 0 aliphatic rings. The van der Waals surface area contributed by atoms with Crippen LogP contribution in [0.2, 0.25) is 0 Å². The van der Waals surface area contributed by atoms with E-state index >= 15 is 0 Å².